The van der Waals surface area contributed by atoms with Gasteiger partial charge in [-0.2, -0.15) is 0 Å². The molecule has 0 saturated heterocycles. The Balaban J connectivity index is 1.80. The molecule has 0 aliphatic rings. The fraction of sp³-hybridized carbons (Fsp3) is 0.278. The van der Waals surface area contributed by atoms with Crippen molar-refractivity contribution in [3.05, 3.63) is 71.8 Å². The summed E-state index contributed by atoms with van der Waals surface area (Å²) in [5, 5.41) is 3.01. The van der Waals surface area contributed by atoms with E-state index in [0.717, 1.165) is 11.1 Å². The molecular formula is C18H22N2O. The van der Waals surface area contributed by atoms with E-state index in [2.05, 4.69) is 5.32 Å². The van der Waals surface area contributed by atoms with E-state index >= 15 is 0 Å². The Labute approximate surface area is 126 Å². The number of carbonyl (C=O) groups is 1. The van der Waals surface area contributed by atoms with Gasteiger partial charge in [-0.25, -0.2) is 0 Å². The molecule has 0 aromatic heterocycles. The number of carbonyl (C=O) groups excluding carboxylic acids is 1. The molecule has 0 aliphatic carbocycles. The van der Waals surface area contributed by atoms with Crippen LogP contribution >= 0.6 is 0 Å². The lowest BCUT2D eigenvalue weighted by Gasteiger charge is -2.16. The Bertz CT molecular complexity index is 554. The topological polar surface area (TPSA) is 55.1 Å². The van der Waals surface area contributed by atoms with E-state index in [4.69, 9.17) is 5.73 Å². The second-order valence-corrected chi connectivity index (χ2v) is 5.26. The van der Waals surface area contributed by atoms with Crippen LogP contribution in [-0.2, 0) is 4.79 Å². The molecule has 0 radical (unpaired) electrons. The Morgan fingerprint density at radius 2 is 1.52 bits per heavy atom. The Kier molecular flexibility index (Phi) is 5.52. The molecule has 0 saturated carbocycles. The van der Waals surface area contributed by atoms with Gasteiger partial charge in [0, 0.05) is 12.5 Å². The second kappa shape index (κ2) is 7.60. The van der Waals surface area contributed by atoms with E-state index < -0.39 is 0 Å². The van der Waals surface area contributed by atoms with E-state index in [1.165, 1.54) is 0 Å². The quantitative estimate of drug-likeness (QED) is 0.853. The number of benzene rings is 2. The number of hydrogen-bond donors (Lipinski definition) is 2. The van der Waals surface area contributed by atoms with E-state index in [0.29, 0.717) is 12.8 Å². The summed E-state index contributed by atoms with van der Waals surface area (Å²) < 4.78 is 0. The molecule has 2 atom stereocenters. The van der Waals surface area contributed by atoms with Crippen molar-refractivity contribution >= 4 is 5.91 Å². The molecule has 3 nitrogen and oxygen atoms in total. The zero-order valence-electron chi connectivity index (χ0n) is 12.3. The number of nitrogens with two attached hydrogens (primary N) is 1. The van der Waals surface area contributed by atoms with Gasteiger partial charge in [-0.05, 0) is 24.5 Å². The average Bonchev–Trinajstić information content (AvgIpc) is 2.54. The zero-order valence-corrected chi connectivity index (χ0v) is 12.3. The Morgan fingerprint density at radius 1 is 1.00 bits per heavy atom. The van der Waals surface area contributed by atoms with Crippen LogP contribution in [0.5, 0.6) is 0 Å². The molecule has 1 amide bonds. The first-order valence-corrected chi connectivity index (χ1v) is 7.31. The highest BCUT2D eigenvalue weighted by Crippen LogP contribution is 2.16. The first kappa shape index (κ1) is 15.3. The molecule has 1 unspecified atom stereocenters. The van der Waals surface area contributed by atoms with Crippen LogP contribution in [0.3, 0.4) is 0 Å². The highest BCUT2D eigenvalue weighted by Gasteiger charge is 2.12. The normalized spacial score (nSPS) is 13.4. The van der Waals surface area contributed by atoms with Crippen molar-refractivity contribution in [2.24, 2.45) is 5.73 Å². The van der Waals surface area contributed by atoms with Crippen LogP contribution in [-0.4, -0.2) is 5.91 Å². The van der Waals surface area contributed by atoms with E-state index in [1.54, 1.807) is 0 Å². The van der Waals surface area contributed by atoms with Gasteiger partial charge in [0.15, 0.2) is 0 Å². The molecule has 0 bridgehead atoms. The van der Waals surface area contributed by atoms with Crippen molar-refractivity contribution in [2.75, 3.05) is 0 Å². The highest BCUT2D eigenvalue weighted by molar-refractivity contribution is 5.76. The SMILES string of the molecule is C[C@H](NC(=O)CCC(N)c1ccccc1)c1ccccc1. The predicted octanol–water partition coefficient (Wildman–Crippen LogP) is 3.34. The summed E-state index contributed by atoms with van der Waals surface area (Å²) in [7, 11) is 0. The summed E-state index contributed by atoms with van der Waals surface area (Å²) in [6.07, 6.45) is 1.09. The summed E-state index contributed by atoms with van der Waals surface area (Å²) in [5.74, 6) is 0.0396. The summed E-state index contributed by atoms with van der Waals surface area (Å²) in [6, 6.07) is 19.8. The molecule has 0 aliphatic heterocycles. The molecule has 0 spiro atoms. The molecule has 3 N–H and O–H groups in total. The number of rotatable bonds is 6. The van der Waals surface area contributed by atoms with Crippen LogP contribution in [0, 0.1) is 0 Å². The van der Waals surface area contributed by atoms with Crippen molar-refractivity contribution in [3.63, 3.8) is 0 Å². The standard InChI is InChI=1S/C18H22N2O/c1-14(15-8-4-2-5-9-15)20-18(21)13-12-17(19)16-10-6-3-7-11-16/h2-11,14,17H,12-13,19H2,1H3,(H,20,21)/t14-,17?/m0/s1. The summed E-state index contributed by atoms with van der Waals surface area (Å²) >= 11 is 0. The third kappa shape index (κ3) is 4.72. The van der Waals surface area contributed by atoms with Gasteiger partial charge in [-0.15, -0.1) is 0 Å². The van der Waals surface area contributed by atoms with Gasteiger partial charge in [-0.3, -0.25) is 4.79 Å². The fourth-order valence-corrected chi connectivity index (χ4v) is 2.29. The largest absolute Gasteiger partial charge is 0.350 e. The minimum absolute atomic E-state index is 0.0200. The molecule has 2 aromatic carbocycles. The summed E-state index contributed by atoms with van der Waals surface area (Å²) in [4.78, 5) is 12.0. The molecule has 2 aromatic rings. The lowest BCUT2D eigenvalue weighted by Crippen LogP contribution is -2.27. The Morgan fingerprint density at radius 3 is 2.10 bits per heavy atom. The van der Waals surface area contributed by atoms with E-state index in [-0.39, 0.29) is 18.0 Å². The van der Waals surface area contributed by atoms with Crippen molar-refractivity contribution in [3.8, 4) is 0 Å². The van der Waals surface area contributed by atoms with Gasteiger partial charge in [-0.1, -0.05) is 60.7 Å². The maximum Gasteiger partial charge on any atom is 0.220 e. The van der Waals surface area contributed by atoms with Gasteiger partial charge < -0.3 is 11.1 Å². The van der Waals surface area contributed by atoms with E-state index in [9.17, 15) is 4.79 Å². The van der Waals surface area contributed by atoms with Crippen LogP contribution in [0.25, 0.3) is 0 Å². The van der Waals surface area contributed by atoms with Crippen LogP contribution in [0.4, 0.5) is 0 Å². The minimum Gasteiger partial charge on any atom is -0.350 e. The van der Waals surface area contributed by atoms with Crippen molar-refractivity contribution < 1.29 is 4.79 Å². The third-order valence-electron chi connectivity index (χ3n) is 3.59. The van der Waals surface area contributed by atoms with Crippen molar-refractivity contribution in [1.82, 2.24) is 5.32 Å². The third-order valence-corrected chi connectivity index (χ3v) is 3.59. The molecule has 0 fully saturated rings. The predicted molar refractivity (Wildman–Crippen MR) is 85.6 cm³/mol. The van der Waals surface area contributed by atoms with Crippen LogP contribution in [0.1, 0.15) is 43.0 Å². The maximum absolute atomic E-state index is 12.0. The molecule has 2 rings (SSSR count). The number of amides is 1. The van der Waals surface area contributed by atoms with Crippen LogP contribution in [0.15, 0.2) is 60.7 Å². The summed E-state index contributed by atoms with van der Waals surface area (Å²) in [6.45, 7) is 1.99. The molecular weight excluding hydrogens is 260 g/mol. The van der Waals surface area contributed by atoms with E-state index in [1.807, 2.05) is 67.6 Å². The highest BCUT2D eigenvalue weighted by atomic mass is 16.1. The molecule has 0 heterocycles. The lowest BCUT2D eigenvalue weighted by atomic mass is 10.0. The van der Waals surface area contributed by atoms with Crippen LogP contribution < -0.4 is 11.1 Å². The monoisotopic (exact) mass is 282 g/mol. The van der Waals surface area contributed by atoms with Gasteiger partial charge in [0.1, 0.15) is 0 Å². The van der Waals surface area contributed by atoms with Crippen molar-refractivity contribution in [1.29, 1.82) is 0 Å². The summed E-state index contributed by atoms with van der Waals surface area (Å²) in [5.41, 5.74) is 8.29. The molecule has 3 heteroatoms. The lowest BCUT2D eigenvalue weighted by molar-refractivity contribution is -0.121. The van der Waals surface area contributed by atoms with Crippen LogP contribution in [0.2, 0.25) is 0 Å². The average molecular weight is 282 g/mol. The number of nitrogens with one attached hydrogen (secondary N) is 1. The minimum atomic E-state index is -0.0935. The Hall–Kier alpha value is -2.13. The van der Waals surface area contributed by atoms with Crippen molar-refractivity contribution in [2.45, 2.75) is 31.8 Å². The second-order valence-electron chi connectivity index (χ2n) is 5.26. The smallest absolute Gasteiger partial charge is 0.220 e. The molecule has 110 valence electrons. The zero-order chi connectivity index (χ0) is 15.1. The fourth-order valence-electron chi connectivity index (χ4n) is 2.29. The maximum atomic E-state index is 12.0. The number of hydrogen-bond acceptors (Lipinski definition) is 2. The van der Waals surface area contributed by atoms with Gasteiger partial charge in [0.05, 0.1) is 6.04 Å². The first-order valence-electron chi connectivity index (χ1n) is 7.31. The molecule has 21 heavy (non-hydrogen) atoms. The van der Waals surface area contributed by atoms with Gasteiger partial charge >= 0.3 is 0 Å². The van der Waals surface area contributed by atoms with Gasteiger partial charge in [0.25, 0.3) is 0 Å². The first-order chi connectivity index (χ1) is 10.2. The van der Waals surface area contributed by atoms with Gasteiger partial charge in [0.2, 0.25) is 5.91 Å².